The number of aryl methyl sites for hydroxylation is 1. The average molecular weight is 113 g/mol. The number of nitrogens with one attached hydrogen (secondary N) is 1. The van der Waals surface area contributed by atoms with Gasteiger partial charge in [-0.1, -0.05) is 0 Å². The van der Waals surface area contributed by atoms with E-state index >= 15 is 0 Å². The van der Waals surface area contributed by atoms with Crippen molar-refractivity contribution in [2.75, 3.05) is 0 Å². The lowest BCUT2D eigenvalue weighted by atomic mass is 10.4. The molecule has 0 radical (unpaired) electrons. The fourth-order valence-corrected chi connectivity index (χ4v) is 0.755. The zero-order valence-electron chi connectivity index (χ0n) is 4.10. The summed E-state index contributed by atoms with van der Waals surface area (Å²) in [5.74, 6) is 0. The van der Waals surface area contributed by atoms with Crippen LogP contribution in [-0.2, 0) is 0 Å². The SMILES string of the molecule is Cc1c[nH]c(S)c1. The normalized spacial score (nSPS) is 9.43. The molecule has 2 heteroatoms. The number of aromatic amines is 1. The molecule has 1 aromatic rings. The Morgan fingerprint density at radius 3 is 2.57 bits per heavy atom. The molecule has 0 saturated heterocycles. The molecule has 0 aliphatic rings. The van der Waals surface area contributed by atoms with Crippen LogP contribution in [0.5, 0.6) is 0 Å². The van der Waals surface area contributed by atoms with Crippen molar-refractivity contribution in [2.45, 2.75) is 11.9 Å². The molecule has 0 bridgehead atoms. The summed E-state index contributed by atoms with van der Waals surface area (Å²) in [5.41, 5.74) is 1.23. The molecule has 7 heavy (non-hydrogen) atoms. The number of hydrogen-bond donors (Lipinski definition) is 2. The summed E-state index contributed by atoms with van der Waals surface area (Å²) >= 11 is 4.05. The fourth-order valence-electron chi connectivity index (χ4n) is 0.487. The van der Waals surface area contributed by atoms with Crippen molar-refractivity contribution in [3.05, 3.63) is 17.8 Å². The van der Waals surface area contributed by atoms with Gasteiger partial charge in [-0.2, -0.15) is 0 Å². The molecule has 1 N–H and O–H groups in total. The Morgan fingerprint density at radius 1 is 1.71 bits per heavy atom. The molecule has 0 saturated carbocycles. The van der Waals surface area contributed by atoms with Crippen LogP contribution in [0.1, 0.15) is 5.56 Å². The van der Waals surface area contributed by atoms with Gasteiger partial charge >= 0.3 is 0 Å². The van der Waals surface area contributed by atoms with Crippen LogP contribution in [0.4, 0.5) is 0 Å². The van der Waals surface area contributed by atoms with Gasteiger partial charge < -0.3 is 4.98 Å². The molecule has 1 rings (SSSR count). The highest BCUT2D eigenvalue weighted by Crippen LogP contribution is 2.03. The van der Waals surface area contributed by atoms with Gasteiger partial charge in [-0.15, -0.1) is 12.6 Å². The van der Waals surface area contributed by atoms with Crippen molar-refractivity contribution in [2.24, 2.45) is 0 Å². The lowest BCUT2D eigenvalue weighted by Crippen LogP contribution is -1.51. The summed E-state index contributed by atoms with van der Waals surface area (Å²) in [4.78, 5) is 2.93. The van der Waals surface area contributed by atoms with Gasteiger partial charge in [-0.05, 0) is 18.6 Å². The third kappa shape index (κ3) is 0.996. The van der Waals surface area contributed by atoms with Crippen LogP contribution in [-0.4, -0.2) is 4.98 Å². The minimum atomic E-state index is 0.928. The van der Waals surface area contributed by atoms with E-state index in [1.807, 2.05) is 19.2 Å². The van der Waals surface area contributed by atoms with Crippen molar-refractivity contribution >= 4 is 12.6 Å². The number of aromatic nitrogens is 1. The predicted octanol–water partition coefficient (Wildman–Crippen LogP) is 1.61. The maximum Gasteiger partial charge on any atom is 0.0693 e. The number of thiol groups is 1. The molecule has 0 unspecified atom stereocenters. The first kappa shape index (κ1) is 4.78. The second-order valence-corrected chi connectivity index (χ2v) is 2.04. The molecule has 0 aromatic carbocycles. The summed E-state index contributed by atoms with van der Waals surface area (Å²) in [6.45, 7) is 2.02. The quantitative estimate of drug-likeness (QED) is 0.475. The van der Waals surface area contributed by atoms with Crippen molar-refractivity contribution < 1.29 is 0 Å². The predicted molar refractivity (Wildman–Crippen MR) is 32.8 cm³/mol. The summed E-state index contributed by atoms with van der Waals surface area (Å²) < 4.78 is 0. The van der Waals surface area contributed by atoms with E-state index in [1.165, 1.54) is 5.56 Å². The zero-order valence-corrected chi connectivity index (χ0v) is 5.00. The van der Waals surface area contributed by atoms with Gasteiger partial charge in [0.25, 0.3) is 0 Å². The Hall–Kier alpha value is -0.370. The number of H-pyrrole nitrogens is 1. The molecule has 0 aliphatic heterocycles. The largest absolute Gasteiger partial charge is 0.356 e. The molecule has 1 heterocycles. The zero-order chi connectivity index (χ0) is 5.28. The Balaban J connectivity index is 3.04. The van der Waals surface area contributed by atoms with Gasteiger partial charge in [0.1, 0.15) is 0 Å². The highest BCUT2D eigenvalue weighted by atomic mass is 32.1. The molecule has 38 valence electrons. The van der Waals surface area contributed by atoms with Gasteiger partial charge in [0.05, 0.1) is 5.03 Å². The third-order valence-electron chi connectivity index (χ3n) is 0.812. The summed E-state index contributed by atoms with van der Waals surface area (Å²) in [6, 6.07) is 1.98. The number of rotatable bonds is 0. The van der Waals surface area contributed by atoms with E-state index in [9.17, 15) is 0 Å². The van der Waals surface area contributed by atoms with Gasteiger partial charge in [-0.25, -0.2) is 0 Å². The van der Waals surface area contributed by atoms with E-state index in [0.29, 0.717) is 0 Å². The van der Waals surface area contributed by atoms with Gasteiger partial charge in [0.2, 0.25) is 0 Å². The summed E-state index contributed by atoms with van der Waals surface area (Å²) in [5, 5.41) is 0.928. The van der Waals surface area contributed by atoms with Gasteiger partial charge in [0, 0.05) is 6.20 Å². The summed E-state index contributed by atoms with van der Waals surface area (Å²) in [6.07, 6.45) is 1.92. The first-order valence-corrected chi connectivity index (χ1v) is 2.58. The van der Waals surface area contributed by atoms with Gasteiger partial charge in [0.15, 0.2) is 0 Å². The fraction of sp³-hybridized carbons (Fsp3) is 0.200. The van der Waals surface area contributed by atoms with Crippen LogP contribution in [0, 0.1) is 6.92 Å². The van der Waals surface area contributed by atoms with Crippen molar-refractivity contribution in [3.8, 4) is 0 Å². The minimum absolute atomic E-state index is 0.928. The second kappa shape index (κ2) is 1.62. The smallest absolute Gasteiger partial charge is 0.0693 e. The minimum Gasteiger partial charge on any atom is -0.356 e. The molecular formula is C5H7NS. The van der Waals surface area contributed by atoms with Crippen LogP contribution in [0.15, 0.2) is 17.3 Å². The molecule has 1 nitrogen and oxygen atoms in total. The van der Waals surface area contributed by atoms with Crippen LogP contribution in [0.3, 0.4) is 0 Å². The van der Waals surface area contributed by atoms with Crippen LogP contribution in [0.25, 0.3) is 0 Å². The lowest BCUT2D eigenvalue weighted by Gasteiger charge is -1.70. The van der Waals surface area contributed by atoms with E-state index < -0.39 is 0 Å². The molecule has 0 spiro atoms. The van der Waals surface area contributed by atoms with E-state index in [0.717, 1.165) is 5.03 Å². The standard InChI is InChI=1S/C5H7NS/c1-4-2-5(7)6-3-4/h2-3,6-7H,1H3. The Morgan fingerprint density at radius 2 is 2.43 bits per heavy atom. The highest BCUT2D eigenvalue weighted by molar-refractivity contribution is 7.80. The van der Waals surface area contributed by atoms with E-state index in [-0.39, 0.29) is 0 Å². The Kier molecular flexibility index (Phi) is 1.11. The maximum absolute atomic E-state index is 4.05. The van der Waals surface area contributed by atoms with Crippen molar-refractivity contribution in [3.63, 3.8) is 0 Å². The molecule has 0 fully saturated rings. The second-order valence-electron chi connectivity index (χ2n) is 1.56. The van der Waals surface area contributed by atoms with E-state index in [4.69, 9.17) is 0 Å². The van der Waals surface area contributed by atoms with Crippen molar-refractivity contribution in [1.82, 2.24) is 4.98 Å². The lowest BCUT2D eigenvalue weighted by molar-refractivity contribution is 1.21. The monoisotopic (exact) mass is 113 g/mol. The number of hydrogen-bond acceptors (Lipinski definition) is 1. The molecule has 0 amide bonds. The molecule has 1 aromatic heterocycles. The molecular weight excluding hydrogens is 106 g/mol. The van der Waals surface area contributed by atoms with Gasteiger partial charge in [-0.3, -0.25) is 0 Å². The first-order chi connectivity index (χ1) is 3.29. The molecule has 0 atom stereocenters. The first-order valence-electron chi connectivity index (χ1n) is 2.13. The topological polar surface area (TPSA) is 15.8 Å². The van der Waals surface area contributed by atoms with Crippen LogP contribution in [0.2, 0.25) is 0 Å². The van der Waals surface area contributed by atoms with Crippen LogP contribution < -0.4 is 0 Å². The Bertz CT molecular complexity index is 140. The summed E-state index contributed by atoms with van der Waals surface area (Å²) in [7, 11) is 0. The third-order valence-corrected chi connectivity index (χ3v) is 1.07. The van der Waals surface area contributed by atoms with E-state index in [2.05, 4.69) is 17.6 Å². The highest BCUT2D eigenvalue weighted by Gasteiger charge is 1.83. The maximum atomic E-state index is 4.05. The van der Waals surface area contributed by atoms with Crippen molar-refractivity contribution in [1.29, 1.82) is 0 Å². The van der Waals surface area contributed by atoms with E-state index in [1.54, 1.807) is 0 Å². The molecule has 0 aliphatic carbocycles. The van der Waals surface area contributed by atoms with Crippen LogP contribution >= 0.6 is 12.6 Å². The average Bonchev–Trinajstić information content (AvgIpc) is 1.87. The Labute approximate surface area is 48.2 Å².